The van der Waals surface area contributed by atoms with Crippen molar-refractivity contribution in [1.82, 2.24) is 10.2 Å². The number of rotatable bonds is 7. The molecule has 9 nitrogen and oxygen atoms in total. The number of benzene rings is 2. The van der Waals surface area contributed by atoms with Gasteiger partial charge in [0.2, 0.25) is 6.79 Å². The Hall–Kier alpha value is -3.85. The summed E-state index contributed by atoms with van der Waals surface area (Å²) in [5.74, 6) is 2.99. The zero-order valence-electron chi connectivity index (χ0n) is 19.0. The molecule has 1 fully saturated rings. The number of piperazine rings is 1. The van der Waals surface area contributed by atoms with E-state index < -0.39 is 0 Å². The molecule has 0 aliphatic carbocycles. The number of carbonyl (C=O) groups excluding carboxylic acids is 1. The van der Waals surface area contributed by atoms with Crippen molar-refractivity contribution in [2.75, 3.05) is 56.8 Å². The van der Waals surface area contributed by atoms with Crippen LogP contribution < -0.4 is 29.7 Å². The smallest absolute Gasteiger partial charge is 0.319 e. The molecular weight excluding hydrogens is 436 g/mol. The Labute approximate surface area is 198 Å². The van der Waals surface area contributed by atoms with Gasteiger partial charge in [-0.2, -0.15) is 0 Å². The van der Waals surface area contributed by atoms with Crippen molar-refractivity contribution < 1.29 is 23.4 Å². The molecular formula is C25H28N4O5. The van der Waals surface area contributed by atoms with Crippen molar-refractivity contribution in [3.8, 4) is 17.2 Å². The van der Waals surface area contributed by atoms with E-state index in [1.165, 1.54) is 5.69 Å². The average Bonchev–Trinajstić information content (AvgIpc) is 3.57. The van der Waals surface area contributed by atoms with Crippen molar-refractivity contribution in [3.63, 3.8) is 0 Å². The van der Waals surface area contributed by atoms with E-state index in [1.54, 1.807) is 31.6 Å². The number of fused-ring (bicyclic) bond motifs is 1. The molecule has 1 atom stereocenters. The lowest BCUT2D eigenvalue weighted by Gasteiger charge is -2.39. The molecule has 2 aromatic carbocycles. The van der Waals surface area contributed by atoms with E-state index in [9.17, 15) is 4.79 Å². The molecule has 2 aliphatic rings. The minimum absolute atomic E-state index is 0.0597. The van der Waals surface area contributed by atoms with Gasteiger partial charge in [0.15, 0.2) is 11.5 Å². The molecule has 2 aliphatic heterocycles. The molecule has 5 rings (SSSR count). The first kappa shape index (κ1) is 22.0. The van der Waals surface area contributed by atoms with Crippen molar-refractivity contribution in [2.24, 2.45) is 0 Å². The van der Waals surface area contributed by atoms with Gasteiger partial charge >= 0.3 is 6.03 Å². The number of ether oxygens (including phenoxy) is 3. The van der Waals surface area contributed by atoms with E-state index in [0.29, 0.717) is 23.7 Å². The van der Waals surface area contributed by atoms with E-state index in [2.05, 4.69) is 32.6 Å². The summed E-state index contributed by atoms with van der Waals surface area (Å²) in [5, 5.41) is 5.85. The topological polar surface area (TPSA) is 88.4 Å². The number of hydrogen-bond donors (Lipinski definition) is 2. The molecule has 1 saturated heterocycles. The van der Waals surface area contributed by atoms with E-state index >= 15 is 0 Å². The molecule has 1 unspecified atom stereocenters. The third kappa shape index (κ3) is 4.89. The van der Waals surface area contributed by atoms with Gasteiger partial charge in [0.25, 0.3) is 0 Å². The number of carbonyl (C=O) groups is 1. The van der Waals surface area contributed by atoms with Gasteiger partial charge in [-0.3, -0.25) is 4.90 Å². The predicted octanol–water partition coefficient (Wildman–Crippen LogP) is 3.70. The van der Waals surface area contributed by atoms with Crippen molar-refractivity contribution in [1.29, 1.82) is 0 Å². The van der Waals surface area contributed by atoms with Crippen LogP contribution in [-0.2, 0) is 0 Å². The maximum absolute atomic E-state index is 12.6. The zero-order valence-corrected chi connectivity index (χ0v) is 19.0. The van der Waals surface area contributed by atoms with Gasteiger partial charge in [-0.1, -0.05) is 0 Å². The fraction of sp³-hybridized carbons (Fsp3) is 0.320. The molecule has 2 amide bonds. The molecule has 3 heterocycles. The van der Waals surface area contributed by atoms with Gasteiger partial charge in [0.05, 0.1) is 19.4 Å². The quantitative estimate of drug-likeness (QED) is 0.551. The summed E-state index contributed by atoms with van der Waals surface area (Å²) in [5.41, 5.74) is 1.82. The van der Waals surface area contributed by atoms with Gasteiger partial charge in [-0.25, -0.2) is 4.79 Å². The van der Waals surface area contributed by atoms with Crippen LogP contribution in [0.5, 0.6) is 17.2 Å². The maximum Gasteiger partial charge on any atom is 0.319 e. The van der Waals surface area contributed by atoms with E-state index in [1.807, 2.05) is 24.3 Å². The molecule has 0 radical (unpaired) electrons. The standard InChI is InChI=1S/C25H28N4O5/c1-31-20-7-5-19(6-8-20)28-10-12-29(13-11-28)21(22-3-2-14-32-22)16-26-25(30)27-18-4-9-23-24(15-18)34-17-33-23/h2-9,14-15,21H,10-13,16-17H2,1H3,(H2,26,27,30). The minimum Gasteiger partial charge on any atom is -0.497 e. The normalized spacial score (nSPS) is 16.2. The fourth-order valence-corrected chi connectivity index (χ4v) is 4.31. The first-order valence-corrected chi connectivity index (χ1v) is 11.3. The highest BCUT2D eigenvalue weighted by molar-refractivity contribution is 5.89. The summed E-state index contributed by atoms with van der Waals surface area (Å²) < 4.78 is 21.7. The van der Waals surface area contributed by atoms with Crippen LogP contribution in [0.1, 0.15) is 11.8 Å². The molecule has 0 spiro atoms. The van der Waals surface area contributed by atoms with Gasteiger partial charge in [0, 0.05) is 50.2 Å². The van der Waals surface area contributed by atoms with Gasteiger partial charge in [-0.15, -0.1) is 0 Å². The summed E-state index contributed by atoms with van der Waals surface area (Å²) >= 11 is 0. The van der Waals surface area contributed by atoms with Crippen LogP contribution in [0.3, 0.4) is 0 Å². The monoisotopic (exact) mass is 464 g/mol. The molecule has 3 aromatic rings. The third-order valence-corrected chi connectivity index (χ3v) is 6.15. The Bertz CT molecular complexity index is 1100. The Kier molecular flexibility index (Phi) is 6.44. The maximum atomic E-state index is 12.6. The largest absolute Gasteiger partial charge is 0.497 e. The van der Waals surface area contributed by atoms with Crippen LogP contribution >= 0.6 is 0 Å². The molecule has 1 aromatic heterocycles. The molecule has 9 heteroatoms. The Morgan fingerprint density at radius 1 is 1.03 bits per heavy atom. The summed E-state index contributed by atoms with van der Waals surface area (Å²) in [4.78, 5) is 17.3. The zero-order chi connectivity index (χ0) is 23.3. The molecule has 0 bridgehead atoms. The predicted molar refractivity (Wildman–Crippen MR) is 128 cm³/mol. The number of hydrogen-bond acceptors (Lipinski definition) is 7. The molecule has 34 heavy (non-hydrogen) atoms. The highest BCUT2D eigenvalue weighted by Crippen LogP contribution is 2.34. The van der Waals surface area contributed by atoms with Crippen molar-refractivity contribution in [3.05, 3.63) is 66.6 Å². The van der Waals surface area contributed by atoms with Gasteiger partial charge in [0.1, 0.15) is 11.5 Å². The summed E-state index contributed by atoms with van der Waals surface area (Å²) in [7, 11) is 1.67. The highest BCUT2D eigenvalue weighted by atomic mass is 16.7. The lowest BCUT2D eigenvalue weighted by molar-refractivity contribution is 0.162. The van der Waals surface area contributed by atoms with E-state index in [4.69, 9.17) is 18.6 Å². The fourth-order valence-electron chi connectivity index (χ4n) is 4.31. The second-order valence-corrected chi connectivity index (χ2v) is 8.16. The molecule has 2 N–H and O–H groups in total. The summed E-state index contributed by atoms with van der Waals surface area (Å²) in [6.45, 7) is 4.08. The Balaban J connectivity index is 1.18. The Morgan fingerprint density at radius 2 is 1.82 bits per heavy atom. The molecule has 0 saturated carbocycles. The lowest BCUT2D eigenvalue weighted by Crippen LogP contribution is -2.50. The lowest BCUT2D eigenvalue weighted by atomic mass is 10.1. The van der Waals surface area contributed by atoms with Crippen LogP contribution in [0.4, 0.5) is 16.2 Å². The third-order valence-electron chi connectivity index (χ3n) is 6.15. The van der Waals surface area contributed by atoms with Crippen LogP contribution in [0.2, 0.25) is 0 Å². The van der Waals surface area contributed by atoms with Gasteiger partial charge in [-0.05, 0) is 48.5 Å². The van der Waals surface area contributed by atoms with Crippen LogP contribution in [0.25, 0.3) is 0 Å². The summed E-state index contributed by atoms with van der Waals surface area (Å²) in [6.07, 6.45) is 1.67. The van der Waals surface area contributed by atoms with E-state index in [0.717, 1.165) is 37.7 Å². The Morgan fingerprint density at radius 3 is 2.56 bits per heavy atom. The van der Waals surface area contributed by atoms with E-state index in [-0.39, 0.29) is 18.9 Å². The number of anilines is 2. The van der Waals surface area contributed by atoms with Gasteiger partial charge < -0.3 is 34.2 Å². The summed E-state index contributed by atoms with van der Waals surface area (Å²) in [6, 6.07) is 16.9. The minimum atomic E-state index is -0.285. The number of methoxy groups -OCH3 is 1. The van der Waals surface area contributed by atoms with Crippen molar-refractivity contribution in [2.45, 2.75) is 6.04 Å². The average molecular weight is 465 g/mol. The van der Waals surface area contributed by atoms with Crippen molar-refractivity contribution >= 4 is 17.4 Å². The first-order valence-electron chi connectivity index (χ1n) is 11.3. The SMILES string of the molecule is COc1ccc(N2CCN(C(CNC(=O)Nc3ccc4c(c3)OCO4)c3ccco3)CC2)cc1. The van der Waals surface area contributed by atoms with Crippen LogP contribution in [0, 0.1) is 0 Å². The number of nitrogens with zero attached hydrogens (tertiary/aromatic N) is 2. The number of urea groups is 1. The molecule has 178 valence electrons. The number of amides is 2. The first-order chi connectivity index (χ1) is 16.7. The number of nitrogens with one attached hydrogen (secondary N) is 2. The van der Waals surface area contributed by atoms with Crippen LogP contribution in [-0.4, -0.2) is 57.6 Å². The second kappa shape index (κ2) is 9.96. The highest BCUT2D eigenvalue weighted by Gasteiger charge is 2.27. The van der Waals surface area contributed by atoms with Crippen LogP contribution in [0.15, 0.2) is 65.3 Å². The number of furan rings is 1. The second-order valence-electron chi connectivity index (χ2n) is 8.16.